The summed E-state index contributed by atoms with van der Waals surface area (Å²) >= 11 is 0. The lowest BCUT2D eigenvalue weighted by molar-refractivity contribution is 0.371. The Morgan fingerprint density at radius 2 is 2.21 bits per heavy atom. The van der Waals surface area contributed by atoms with Gasteiger partial charge in [-0.1, -0.05) is 27.2 Å². The van der Waals surface area contributed by atoms with Crippen LogP contribution >= 0.6 is 0 Å². The van der Waals surface area contributed by atoms with Crippen LogP contribution in [0.3, 0.4) is 0 Å². The molecule has 0 amide bonds. The lowest BCUT2D eigenvalue weighted by atomic mass is 10.2. The van der Waals surface area contributed by atoms with Crippen LogP contribution in [0.25, 0.3) is 0 Å². The van der Waals surface area contributed by atoms with Crippen molar-refractivity contribution in [1.82, 2.24) is 9.78 Å². The molecular weight excluding hydrogens is 176 g/mol. The summed E-state index contributed by atoms with van der Waals surface area (Å²) in [5.74, 6) is 0.810. The Labute approximate surface area is 85.8 Å². The molecule has 0 saturated carbocycles. The molecule has 14 heavy (non-hydrogen) atoms. The van der Waals surface area contributed by atoms with Crippen LogP contribution in [0.15, 0.2) is 6.07 Å². The zero-order valence-electron chi connectivity index (χ0n) is 9.32. The minimum Gasteiger partial charge on any atom is -0.493 e. The second-order valence-electron chi connectivity index (χ2n) is 4.17. The highest BCUT2D eigenvalue weighted by molar-refractivity contribution is 5.14. The number of aryl methyl sites for hydroxylation is 1. The summed E-state index contributed by atoms with van der Waals surface area (Å²) in [4.78, 5) is 0. The Morgan fingerprint density at radius 1 is 1.50 bits per heavy atom. The van der Waals surface area contributed by atoms with Crippen molar-refractivity contribution in [2.75, 3.05) is 0 Å². The van der Waals surface area contributed by atoms with Crippen molar-refractivity contribution in [3.63, 3.8) is 0 Å². The first-order chi connectivity index (χ1) is 6.63. The van der Waals surface area contributed by atoms with Gasteiger partial charge in [0.25, 0.3) is 0 Å². The quantitative estimate of drug-likeness (QED) is 0.786. The summed E-state index contributed by atoms with van der Waals surface area (Å²) in [6.45, 7) is 7.18. The third-order valence-corrected chi connectivity index (χ3v) is 2.13. The Hall–Kier alpha value is -0.990. The van der Waals surface area contributed by atoms with Crippen LogP contribution in [-0.4, -0.2) is 14.9 Å². The Bertz CT molecular complexity index is 279. The van der Waals surface area contributed by atoms with Gasteiger partial charge < -0.3 is 5.11 Å². The van der Waals surface area contributed by atoms with E-state index in [0.29, 0.717) is 11.8 Å². The van der Waals surface area contributed by atoms with Crippen LogP contribution < -0.4 is 0 Å². The van der Waals surface area contributed by atoms with Crippen molar-refractivity contribution in [3.05, 3.63) is 11.8 Å². The van der Waals surface area contributed by atoms with Crippen molar-refractivity contribution in [2.24, 2.45) is 5.92 Å². The van der Waals surface area contributed by atoms with Crippen LogP contribution in [0.1, 0.15) is 39.3 Å². The predicted octanol–water partition coefficient (Wildman–Crippen LogP) is 2.59. The first kappa shape index (κ1) is 11.1. The van der Waals surface area contributed by atoms with Gasteiger partial charge in [0.05, 0.1) is 5.69 Å². The van der Waals surface area contributed by atoms with E-state index in [0.717, 1.165) is 31.5 Å². The van der Waals surface area contributed by atoms with Crippen molar-refractivity contribution in [2.45, 2.75) is 46.6 Å². The topological polar surface area (TPSA) is 38.0 Å². The third kappa shape index (κ3) is 3.05. The van der Waals surface area contributed by atoms with E-state index in [-0.39, 0.29) is 0 Å². The van der Waals surface area contributed by atoms with E-state index >= 15 is 0 Å². The molecule has 0 aliphatic heterocycles. The van der Waals surface area contributed by atoms with Gasteiger partial charge in [-0.3, -0.25) is 0 Å². The smallest absolute Gasteiger partial charge is 0.209 e. The second-order valence-corrected chi connectivity index (χ2v) is 4.17. The van der Waals surface area contributed by atoms with Gasteiger partial charge in [0.1, 0.15) is 0 Å². The fourth-order valence-electron chi connectivity index (χ4n) is 1.42. The highest BCUT2D eigenvalue weighted by atomic mass is 16.3. The summed E-state index contributed by atoms with van der Waals surface area (Å²) in [7, 11) is 0. The maximum absolute atomic E-state index is 9.58. The SMILES string of the molecule is CCCCc1cc(O)n(CC(C)C)n1. The molecule has 0 fully saturated rings. The van der Waals surface area contributed by atoms with Crippen LogP contribution in [0.5, 0.6) is 5.88 Å². The van der Waals surface area contributed by atoms with E-state index < -0.39 is 0 Å². The van der Waals surface area contributed by atoms with E-state index in [2.05, 4.69) is 25.9 Å². The highest BCUT2D eigenvalue weighted by Gasteiger charge is 2.07. The zero-order chi connectivity index (χ0) is 10.6. The molecule has 3 nitrogen and oxygen atoms in total. The van der Waals surface area contributed by atoms with Gasteiger partial charge in [0.15, 0.2) is 0 Å². The molecule has 80 valence electrons. The molecule has 0 aromatic carbocycles. The summed E-state index contributed by atoms with van der Waals surface area (Å²) in [6.07, 6.45) is 3.27. The molecule has 0 bridgehead atoms. The van der Waals surface area contributed by atoms with Crippen molar-refractivity contribution in [3.8, 4) is 5.88 Å². The standard InChI is InChI=1S/C11H20N2O/c1-4-5-6-10-7-11(14)13(12-10)8-9(2)3/h7,9,14H,4-6,8H2,1-3H3. The van der Waals surface area contributed by atoms with Gasteiger partial charge in [-0.15, -0.1) is 0 Å². The van der Waals surface area contributed by atoms with Gasteiger partial charge in [-0.2, -0.15) is 5.10 Å². The molecule has 1 rings (SSSR count). The summed E-state index contributed by atoms with van der Waals surface area (Å²) in [5.41, 5.74) is 1.00. The van der Waals surface area contributed by atoms with Crippen LogP contribution in [0.4, 0.5) is 0 Å². The number of hydrogen-bond acceptors (Lipinski definition) is 2. The number of aromatic nitrogens is 2. The number of unbranched alkanes of at least 4 members (excludes halogenated alkanes) is 1. The fourth-order valence-corrected chi connectivity index (χ4v) is 1.42. The van der Waals surface area contributed by atoms with Crippen molar-refractivity contribution >= 4 is 0 Å². The monoisotopic (exact) mass is 196 g/mol. The van der Waals surface area contributed by atoms with Crippen LogP contribution in [0.2, 0.25) is 0 Å². The number of hydrogen-bond donors (Lipinski definition) is 1. The number of rotatable bonds is 5. The lowest BCUT2D eigenvalue weighted by Crippen LogP contribution is -2.06. The Kier molecular flexibility index (Phi) is 3.98. The molecule has 1 aromatic heterocycles. The third-order valence-electron chi connectivity index (χ3n) is 2.13. The molecule has 0 unspecified atom stereocenters. The molecule has 0 radical (unpaired) electrons. The summed E-state index contributed by atoms with van der Waals surface area (Å²) in [6, 6.07) is 1.78. The average molecular weight is 196 g/mol. The van der Waals surface area contributed by atoms with E-state index in [4.69, 9.17) is 0 Å². The Morgan fingerprint density at radius 3 is 2.79 bits per heavy atom. The first-order valence-corrected chi connectivity index (χ1v) is 5.39. The van der Waals surface area contributed by atoms with E-state index in [1.165, 1.54) is 0 Å². The number of aromatic hydroxyl groups is 1. The normalized spacial score (nSPS) is 11.1. The zero-order valence-corrected chi connectivity index (χ0v) is 9.32. The predicted molar refractivity (Wildman–Crippen MR) is 57.3 cm³/mol. The molecule has 1 heterocycles. The molecule has 1 N–H and O–H groups in total. The molecule has 0 aliphatic rings. The van der Waals surface area contributed by atoms with Gasteiger partial charge in [-0.25, -0.2) is 4.68 Å². The largest absolute Gasteiger partial charge is 0.493 e. The van der Waals surface area contributed by atoms with Crippen molar-refractivity contribution < 1.29 is 5.11 Å². The van der Waals surface area contributed by atoms with Crippen LogP contribution in [-0.2, 0) is 13.0 Å². The molecule has 0 saturated heterocycles. The van der Waals surface area contributed by atoms with E-state index in [9.17, 15) is 5.11 Å². The number of nitrogens with zero attached hydrogens (tertiary/aromatic N) is 2. The fraction of sp³-hybridized carbons (Fsp3) is 0.727. The molecule has 0 spiro atoms. The highest BCUT2D eigenvalue weighted by Crippen LogP contribution is 2.15. The summed E-state index contributed by atoms with van der Waals surface area (Å²) < 4.78 is 1.69. The molecule has 1 aromatic rings. The van der Waals surface area contributed by atoms with Gasteiger partial charge in [0.2, 0.25) is 5.88 Å². The molecule has 0 atom stereocenters. The minimum atomic E-state index is 0.296. The van der Waals surface area contributed by atoms with E-state index in [1.54, 1.807) is 10.7 Å². The Balaban J connectivity index is 2.62. The molecule has 0 aliphatic carbocycles. The van der Waals surface area contributed by atoms with Crippen LogP contribution in [0, 0.1) is 5.92 Å². The molecule has 3 heteroatoms. The first-order valence-electron chi connectivity index (χ1n) is 5.39. The van der Waals surface area contributed by atoms with Gasteiger partial charge >= 0.3 is 0 Å². The van der Waals surface area contributed by atoms with E-state index in [1.807, 2.05) is 0 Å². The second kappa shape index (κ2) is 5.03. The van der Waals surface area contributed by atoms with Gasteiger partial charge in [-0.05, 0) is 18.8 Å². The summed E-state index contributed by atoms with van der Waals surface area (Å²) in [5, 5.41) is 13.9. The van der Waals surface area contributed by atoms with Crippen molar-refractivity contribution in [1.29, 1.82) is 0 Å². The minimum absolute atomic E-state index is 0.296. The molecular formula is C11H20N2O. The maximum Gasteiger partial charge on any atom is 0.209 e. The maximum atomic E-state index is 9.58. The lowest BCUT2D eigenvalue weighted by Gasteiger charge is -2.05. The van der Waals surface area contributed by atoms with Gasteiger partial charge in [0, 0.05) is 12.6 Å². The average Bonchev–Trinajstić information content (AvgIpc) is 2.43.